The summed E-state index contributed by atoms with van der Waals surface area (Å²) in [6.07, 6.45) is 0.827. The summed E-state index contributed by atoms with van der Waals surface area (Å²) in [6, 6.07) is 7.35. The number of fused-ring (bicyclic) bond motifs is 1. The first-order valence-electron chi connectivity index (χ1n) is 6.93. The van der Waals surface area contributed by atoms with Gasteiger partial charge in [-0.05, 0) is 25.5 Å². The van der Waals surface area contributed by atoms with Crippen molar-refractivity contribution in [2.24, 2.45) is 0 Å². The minimum Gasteiger partial charge on any atom is -0.358 e. The Kier molecular flexibility index (Phi) is 5.01. The van der Waals surface area contributed by atoms with E-state index in [1.807, 2.05) is 32.0 Å². The molecule has 0 aliphatic rings. The maximum absolute atomic E-state index is 12.7. The summed E-state index contributed by atoms with van der Waals surface area (Å²) in [4.78, 5) is 28.7. The molecule has 0 saturated heterocycles. The summed E-state index contributed by atoms with van der Waals surface area (Å²) in [5, 5.41) is 3.78. The number of carbonyl (C=O) groups excluding carboxylic acids is 1. The van der Waals surface area contributed by atoms with E-state index in [1.165, 1.54) is 11.8 Å². The molecule has 112 valence electrons. The van der Waals surface area contributed by atoms with Crippen molar-refractivity contribution < 1.29 is 4.79 Å². The van der Waals surface area contributed by atoms with Crippen LogP contribution in [0.1, 0.15) is 26.3 Å². The molecule has 1 amide bonds. The largest absolute Gasteiger partial charge is 0.358 e. The van der Waals surface area contributed by atoms with Crippen LogP contribution >= 0.6 is 11.8 Å². The van der Waals surface area contributed by atoms with Gasteiger partial charge in [-0.1, -0.05) is 30.8 Å². The molecule has 2 aromatic rings. The molecule has 0 fully saturated rings. The summed E-state index contributed by atoms with van der Waals surface area (Å²) in [7, 11) is 1.60. The topological polar surface area (TPSA) is 64.0 Å². The maximum Gasteiger partial charge on any atom is 0.262 e. The van der Waals surface area contributed by atoms with Crippen molar-refractivity contribution in [2.45, 2.75) is 31.5 Å². The second kappa shape index (κ2) is 6.76. The fraction of sp³-hybridized carbons (Fsp3) is 0.400. The number of amides is 1. The molecule has 0 spiro atoms. The Morgan fingerprint density at radius 3 is 2.81 bits per heavy atom. The lowest BCUT2D eigenvalue weighted by Crippen LogP contribution is -2.27. The van der Waals surface area contributed by atoms with E-state index in [9.17, 15) is 9.59 Å². The Hall–Kier alpha value is -1.82. The number of carbonyl (C=O) groups is 1. The molecule has 1 unspecified atom stereocenters. The van der Waals surface area contributed by atoms with E-state index in [1.54, 1.807) is 17.7 Å². The molecule has 0 bridgehead atoms. The molecule has 1 N–H and O–H groups in total. The third kappa shape index (κ3) is 3.26. The number of nitrogens with zero attached hydrogens (tertiary/aromatic N) is 2. The van der Waals surface area contributed by atoms with Crippen LogP contribution in [0, 0.1) is 0 Å². The van der Waals surface area contributed by atoms with E-state index in [2.05, 4.69) is 10.3 Å². The third-order valence-corrected chi connectivity index (χ3v) is 4.37. The molecule has 5 nitrogen and oxygen atoms in total. The van der Waals surface area contributed by atoms with E-state index in [4.69, 9.17) is 0 Å². The van der Waals surface area contributed by atoms with E-state index < -0.39 is 0 Å². The predicted octanol–water partition coefficient (Wildman–Crippen LogP) is 2.21. The number of para-hydroxylation sites is 1. The van der Waals surface area contributed by atoms with Gasteiger partial charge in [0.15, 0.2) is 5.16 Å². The molecule has 1 aromatic heterocycles. The van der Waals surface area contributed by atoms with Crippen molar-refractivity contribution in [3.05, 3.63) is 34.6 Å². The highest BCUT2D eigenvalue weighted by molar-refractivity contribution is 7.99. The standard InChI is InChI=1S/C15H19N3O2S/c1-4-10(2)18-14(20)11-7-5-6-8-12(11)17-15(18)21-9-13(19)16-3/h5-8,10H,4,9H2,1-3H3,(H,16,19). The van der Waals surface area contributed by atoms with Gasteiger partial charge in [0.25, 0.3) is 5.56 Å². The summed E-state index contributed by atoms with van der Waals surface area (Å²) in [5.41, 5.74) is 0.621. The van der Waals surface area contributed by atoms with E-state index in [-0.39, 0.29) is 23.3 Å². The number of hydrogen-bond donors (Lipinski definition) is 1. The highest BCUT2D eigenvalue weighted by Crippen LogP contribution is 2.22. The van der Waals surface area contributed by atoms with Gasteiger partial charge in [0.1, 0.15) is 0 Å². The summed E-state index contributed by atoms with van der Waals surface area (Å²) in [5.74, 6) is 0.163. The van der Waals surface area contributed by atoms with Gasteiger partial charge in [-0.2, -0.15) is 0 Å². The van der Waals surface area contributed by atoms with Gasteiger partial charge in [-0.15, -0.1) is 0 Å². The second-order valence-corrected chi connectivity index (χ2v) is 5.75. The molecular formula is C15H19N3O2S. The Morgan fingerprint density at radius 2 is 2.14 bits per heavy atom. The van der Waals surface area contributed by atoms with Crippen molar-refractivity contribution in [3.63, 3.8) is 0 Å². The molecule has 2 rings (SSSR count). The number of rotatable bonds is 5. The zero-order chi connectivity index (χ0) is 15.4. The summed E-state index contributed by atoms with van der Waals surface area (Å²) >= 11 is 1.29. The van der Waals surface area contributed by atoms with Crippen LogP contribution in [0.3, 0.4) is 0 Å². The van der Waals surface area contributed by atoms with E-state index in [0.717, 1.165) is 6.42 Å². The zero-order valence-electron chi connectivity index (χ0n) is 12.4. The molecule has 1 atom stereocenters. The van der Waals surface area contributed by atoms with E-state index >= 15 is 0 Å². The van der Waals surface area contributed by atoms with Crippen LogP contribution < -0.4 is 10.9 Å². The quantitative estimate of drug-likeness (QED) is 0.679. The number of nitrogens with one attached hydrogen (secondary N) is 1. The molecule has 0 aliphatic heterocycles. The predicted molar refractivity (Wildman–Crippen MR) is 85.8 cm³/mol. The zero-order valence-corrected chi connectivity index (χ0v) is 13.2. The van der Waals surface area contributed by atoms with Crippen molar-refractivity contribution >= 4 is 28.6 Å². The third-order valence-electron chi connectivity index (χ3n) is 3.42. The Labute approximate surface area is 127 Å². The molecule has 0 saturated carbocycles. The Morgan fingerprint density at radius 1 is 1.43 bits per heavy atom. The Bertz CT molecular complexity index is 712. The van der Waals surface area contributed by atoms with Crippen LogP contribution in [-0.4, -0.2) is 28.3 Å². The van der Waals surface area contributed by atoms with E-state index in [0.29, 0.717) is 16.1 Å². The number of benzene rings is 1. The highest BCUT2D eigenvalue weighted by Gasteiger charge is 2.16. The normalized spacial score (nSPS) is 12.3. The molecule has 1 heterocycles. The average molecular weight is 305 g/mol. The van der Waals surface area contributed by atoms with Crippen LogP contribution in [0.5, 0.6) is 0 Å². The highest BCUT2D eigenvalue weighted by atomic mass is 32.2. The minimum atomic E-state index is -0.0851. The number of hydrogen-bond acceptors (Lipinski definition) is 4. The first kappa shape index (κ1) is 15.6. The molecule has 21 heavy (non-hydrogen) atoms. The maximum atomic E-state index is 12.7. The molecular weight excluding hydrogens is 286 g/mol. The van der Waals surface area contributed by atoms with Crippen LogP contribution in [0.15, 0.2) is 34.2 Å². The molecule has 6 heteroatoms. The summed E-state index contributed by atoms with van der Waals surface area (Å²) in [6.45, 7) is 4.02. The van der Waals surface area contributed by atoms with Gasteiger partial charge in [0, 0.05) is 13.1 Å². The number of thioether (sulfide) groups is 1. The molecule has 1 aromatic carbocycles. The lowest BCUT2D eigenvalue weighted by atomic mass is 10.2. The number of aromatic nitrogens is 2. The monoisotopic (exact) mass is 305 g/mol. The first-order valence-corrected chi connectivity index (χ1v) is 7.91. The van der Waals surface area contributed by atoms with Crippen LogP contribution in [-0.2, 0) is 4.79 Å². The first-order chi connectivity index (χ1) is 10.1. The Balaban J connectivity index is 2.55. The van der Waals surface area contributed by atoms with Crippen LogP contribution in [0.2, 0.25) is 0 Å². The van der Waals surface area contributed by atoms with Gasteiger partial charge in [-0.3, -0.25) is 14.2 Å². The van der Waals surface area contributed by atoms with Gasteiger partial charge in [0.2, 0.25) is 5.91 Å². The SMILES string of the molecule is CCC(C)n1c(SCC(=O)NC)nc2ccccc2c1=O. The summed E-state index contributed by atoms with van der Waals surface area (Å²) < 4.78 is 1.69. The van der Waals surface area contributed by atoms with Crippen LogP contribution in [0.25, 0.3) is 10.9 Å². The minimum absolute atomic E-state index is 0.0433. The fourth-order valence-corrected chi connectivity index (χ4v) is 2.97. The second-order valence-electron chi connectivity index (χ2n) is 4.81. The van der Waals surface area contributed by atoms with Crippen molar-refractivity contribution in [2.75, 3.05) is 12.8 Å². The molecule has 0 radical (unpaired) electrons. The average Bonchev–Trinajstić information content (AvgIpc) is 2.52. The smallest absolute Gasteiger partial charge is 0.262 e. The lowest BCUT2D eigenvalue weighted by molar-refractivity contribution is -0.118. The van der Waals surface area contributed by atoms with Gasteiger partial charge in [0.05, 0.1) is 16.7 Å². The van der Waals surface area contributed by atoms with Crippen molar-refractivity contribution in [1.29, 1.82) is 0 Å². The fourth-order valence-electron chi connectivity index (χ4n) is 2.00. The van der Waals surface area contributed by atoms with Crippen molar-refractivity contribution in [3.8, 4) is 0 Å². The van der Waals surface area contributed by atoms with Gasteiger partial charge in [-0.25, -0.2) is 4.98 Å². The molecule has 0 aliphatic carbocycles. The van der Waals surface area contributed by atoms with Crippen molar-refractivity contribution in [1.82, 2.24) is 14.9 Å². The van der Waals surface area contributed by atoms with Gasteiger partial charge < -0.3 is 5.32 Å². The lowest BCUT2D eigenvalue weighted by Gasteiger charge is -2.18. The van der Waals surface area contributed by atoms with Gasteiger partial charge >= 0.3 is 0 Å². The van der Waals surface area contributed by atoms with Crippen LogP contribution in [0.4, 0.5) is 0 Å².